The highest BCUT2D eigenvalue weighted by Gasteiger charge is 2.31. The molecular formula is C19H16F3NO2S. The zero-order valence-electron chi connectivity index (χ0n) is 13.7. The first-order chi connectivity index (χ1) is 12.4. The van der Waals surface area contributed by atoms with Gasteiger partial charge in [-0.05, 0) is 48.2 Å². The van der Waals surface area contributed by atoms with Crippen LogP contribution in [0.2, 0.25) is 0 Å². The fourth-order valence-electron chi connectivity index (χ4n) is 2.55. The number of halogens is 3. The van der Waals surface area contributed by atoms with Crippen LogP contribution in [0, 0.1) is 0 Å². The number of hydrogen-bond donors (Lipinski definition) is 0. The van der Waals surface area contributed by atoms with Gasteiger partial charge in [0.15, 0.2) is 0 Å². The quantitative estimate of drug-likeness (QED) is 0.586. The van der Waals surface area contributed by atoms with Gasteiger partial charge in [-0.1, -0.05) is 12.1 Å². The first-order valence-corrected chi connectivity index (χ1v) is 8.83. The summed E-state index contributed by atoms with van der Waals surface area (Å²) < 4.78 is 44.1. The fraction of sp³-hybridized carbons (Fsp3) is 0.211. The Morgan fingerprint density at radius 2 is 1.96 bits per heavy atom. The maximum Gasteiger partial charge on any atom is 0.416 e. The van der Waals surface area contributed by atoms with Gasteiger partial charge < -0.3 is 9.32 Å². The lowest BCUT2D eigenvalue weighted by molar-refractivity contribution is -0.137. The molecular weight excluding hydrogens is 363 g/mol. The van der Waals surface area contributed by atoms with Gasteiger partial charge in [-0.2, -0.15) is 13.2 Å². The molecule has 0 spiro atoms. The largest absolute Gasteiger partial charge is 0.467 e. The number of furan rings is 1. The molecule has 3 rings (SSSR count). The lowest BCUT2D eigenvalue weighted by Gasteiger charge is -2.22. The molecule has 136 valence electrons. The van der Waals surface area contributed by atoms with Crippen molar-refractivity contribution in [1.82, 2.24) is 4.90 Å². The second-order valence-electron chi connectivity index (χ2n) is 5.71. The number of amides is 1. The van der Waals surface area contributed by atoms with E-state index in [9.17, 15) is 18.0 Å². The third-order valence-corrected chi connectivity index (χ3v) is 4.80. The van der Waals surface area contributed by atoms with Crippen LogP contribution in [0.15, 0.2) is 64.6 Å². The first kappa shape index (κ1) is 18.3. The molecule has 1 aromatic carbocycles. The van der Waals surface area contributed by atoms with E-state index < -0.39 is 17.6 Å². The molecule has 3 nitrogen and oxygen atoms in total. The highest BCUT2D eigenvalue weighted by atomic mass is 32.1. The summed E-state index contributed by atoms with van der Waals surface area (Å²) in [4.78, 5) is 15.4. The molecule has 0 aliphatic rings. The molecule has 3 aromatic rings. The molecule has 0 saturated carbocycles. The van der Waals surface area contributed by atoms with Crippen molar-refractivity contribution >= 4 is 17.2 Å². The van der Waals surface area contributed by atoms with Gasteiger partial charge in [0.25, 0.3) is 5.91 Å². The molecule has 0 N–H and O–H groups in total. The Morgan fingerprint density at radius 1 is 1.12 bits per heavy atom. The van der Waals surface area contributed by atoms with Crippen LogP contribution < -0.4 is 0 Å². The average molecular weight is 379 g/mol. The van der Waals surface area contributed by atoms with Crippen molar-refractivity contribution in [3.8, 4) is 0 Å². The van der Waals surface area contributed by atoms with E-state index in [1.54, 1.807) is 23.5 Å². The normalized spacial score (nSPS) is 11.5. The minimum absolute atomic E-state index is 0.0116. The lowest BCUT2D eigenvalue weighted by Crippen LogP contribution is -2.32. The van der Waals surface area contributed by atoms with Crippen molar-refractivity contribution in [2.24, 2.45) is 0 Å². The number of thiophene rings is 1. The Balaban J connectivity index is 1.81. The molecule has 7 heteroatoms. The summed E-state index contributed by atoms with van der Waals surface area (Å²) in [5.74, 6) is 0.126. The molecule has 1 amide bonds. The van der Waals surface area contributed by atoms with Crippen LogP contribution >= 0.6 is 11.3 Å². The highest BCUT2D eigenvalue weighted by Crippen LogP contribution is 2.30. The summed E-state index contributed by atoms with van der Waals surface area (Å²) in [6, 6.07) is 11.8. The van der Waals surface area contributed by atoms with Crippen LogP contribution in [0.3, 0.4) is 0 Å². The third kappa shape index (κ3) is 4.54. The molecule has 0 aliphatic carbocycles. The number of rotatable bonds is 6. The van der Waals surface area contributed by atoms with Crippen LogP contribution in [0.4, 0.5) is 13.2 Å². The second-order valence-corrected chi connectivity index (χ2v) is 6.75. The van der Waals surface area contributed by atoms with Crippen molar-refractivity contribution in [3.63, 3.8) is 0 Å². The smallest absolute Gasteiger partial charge is 0.416 e. The molecule has 26 heavy (non-hydrogen) atoms. The maximum atomic E-state index is 12.9. The van der Waals surface area contributed by atoms with Crippen LogP contribution in [0.25, 0.3) is 0 Å². The Bertz CT molecular complexity index is 842. The summed E-state index contributed by atoms with van der Waals surface area (Å²) in [6.07, 6.45) is -2.36. The van der Waals surface area contributed by atoms with Gasteiger partial charge in [0.2, 0.25) is 0 Å². The van der Waals surface area contributed by atoms with E-state index in [-0.39, 0.29) is 12.1 Å². The molecule has 2 aromatic heterocycles. The van der Waals surface area contributed by atoms with E-state index in [4.69, 9.17) is 4.42 Å². The minimum Gasteiger partial charge on any atom is -0.467 e. The number of hydrogen-bond acceptors (Lipinski definition) is 3. The topological polar surface area (TPSA) is 33.5 Å². The number of carbonyl (C=O) groups is 1. The summed E-state index contributed by atoms with van der Waals surface area (Å²) >= 11 is 1.58. The third-order valence-electron chi connectivity index (χ3n) is 3.86. The van der Waals surface area contributed by atoms with Crippen molar-refractivity contribution in [1.29, 1.82) is 0 Å². The molecule has 0 saturated heterocycles. The van der Waals surface area contributed by atoms with Gasteiger partial charge in [0.1, 0.15) is 5.76 Å². The van der Waals surface area contributed by atoms with Gasteiger partial charge in [-0.15, -0.1) is 11.3 Å². The van der Waals surface area contributed by atoms with Gasteiger partial charge in [0.05, 0.1) is 18.4 Å². The summed E-state index contributed by atoms with van der Waals surface area (Å²) in [7, 11) is 0. The summed E-state index contributed by atoms with van der Waals surface area (Å²) in [5.41, 5.74) is -0.822. The molecule has 0 unspecified atom stereocenters. The van der Waals surface area contributed by atoms with E-state index in [0.29, 0.717) is 18.7 Å². The Morgan fingerprint density at radius 3 is 2.62 bits per heavy atom. The predicted octanol–water partition coefficient (Wildman–Crippen LogP) is 5.25. The molecule has 0 aliphatic heterocycles. The number of nitrogens with zero attached hydrogens (tertiary/aromatic N) is 1. The minimum atomic E-state index is -4.49. The Labute approximate surface area is 152 Å². The number of benzene rings is 1. The first-order valence-electron chi connectivity index (χ1n) is 7.95. The maximum absolute atomic E-state index is 12.9. The predicted molar refractivity (Wildman–Crippen MR) is 92.9 cm³/mol. The second kappa shape index (κ2) is 7.78. The molecule has 0 bridgehead atoms. The fourth-order valence-corrected chi connectivity index (χ4v) is 3.25. The molecule has 0 fully saturated rings. The average Bonchev–Trinajstić information content (AvgIpc) is 3.31. The zero-order valence-corrected chi connectivity index (χ0v) is 14.5. The van der Waals surface area contributed by atoms with Crippen LogP contribution in [-0.2, 0) is 19.1 Å². The van der Waals surface area contributed by atoms with Crippen LogP contribution in [0.5, 0.6) is 0 Å². The lowest BCUT2D eigenvalue weighted by atomic mass is 10.1. The Hall–Kier alpha value is -2.54. The van der Waals surface area contributed by atoms with Gasteiger partial charge in [-0.25, -0.2) is 0 Å². The van der Waals surface area contributed by atoms with E-state index >= 15 is 0 Å². The number of alkyl halides is 3. The summed E-state index contributed by atoms with van der Waals surface area (Å²) in [5, 5.41) is 1.95. The molecule has 0 atom stereocenters. The monoisotopic (exact) mass is 379 g/mol. The van der Waals surface area contributed by atoms with Gasteiger partial charge in [0, 0.05) is 17.0 Å². The molecule has 2 heterocycles. The van der Waals surface area contributed by atoms with Crippen LogP contribution in [0.1, 0.15) is 26.6 Å². The van der Waals surface area contributed by atoms with E-state index in [2.05, 4.69) is 0 Å². The molecule has 0 radical (unpaired) electrons. The van der Waals surface area contributed by atoms with Crippen molar-refractivity contribution in [2.75, 3.05) is 6.54 Å². The standard InChI is InChI=1S/C19H16F3NO2S/c20-19(21,22)15-5-1-4-14(12-15)18(24)23(13-16-6-2-10-25-16)9-8-17-7-3-11-26-17/h1-7,10-12H,8-9,13H2. The van der Waals surface area contributed by atoms with E-state index in [1.165, 1.54) is 23.3 Å². The van der Waals surface area contributed by atoms with Crippen molar-refractivity contribution < 1.29 is 22.4 Å². The number of carbonyl (C=O) groups excluding carboxylic acids is 1. The Kier molecular flexibility index (Phi) is 5.46. The van der Waals surface area contributed by atoms with E-state index in [0.717, 1.165) is 17.0 Å². The highest BCUT2D eigenvalue weighted by molar-refractivity contribution is 7.09. The van der Waals surface area contributed by atoms with Gasteiger partial charge >= 0.3 is 6.18 Å². The van der Waals surface area contributed by atoms with Crippen molar-refractivity contribution in [3.05, 3.63) is 81.9 Å². The van der Waals surface area contributed by atoms with Gasteiger partial charge in [-0.3, -0.25) is 4.79 Å². The van der Waals surface area contributed by atoms with E-state index in [1.807, 2.05) is 17.5 Å². The van der Waals surface area contributed by atoms with Crippen LogP contribution in [-0.4, -0.2) is 17.4 Å². The van der Waals surface area contributed by atoms with Crippen molar-refractivity contribution in [2.45, 2.75) is 19.1 Å². The summed E-state index contributed by atoms with van der Waals surface area (Å²) in [6.45, 7) is 0.587. The zero-order chi connectivity index (χ0) is 18.6. The SMILES string of the molecule is O=C(c1cccc(C(F)(F)F)c1)N(CCc1cccs1)Cc1ccco1.